The van der Waals surface area contributed by atoms with Gasteiger partial charge in [0.25, 0.3) is 0 Å². The molecule has 30 heavy (non-hydrogen) atoms. The lowest BCUT2D eigenvalue weighted by atomic mass is 9.86. The minimum absolute atomic E-state index is 0.00600. The van der Waals surface area contributed by atoms with E-state index in [1.54, 1.807) is 0 Å². The van der Waals surface area contributed by atoms with Crippen LogP contribution in [0.1, 0.15) is 63.3 Å². The number of nitrogens with one attached hydrogen (secondary N) is 1. The van der Waals surface area contributed by atoms with Crippen LogP contribution in [0.4, 0.5) is 0 Å². The van der Waals surface area contributed by atoms with Gasteiger partial charge in [-0.1, -0.05) is 74.3 Å². The van der Waals surface area contributed by atoms with Crippen LogP contribution in [0.15, 0.2) is 42.5 Å². The second-order valence-electron chi connectivity index (χ2n) is 9.35. The van der Waals surface area contributed by atoms with Crippen molar-refractivity contribution in [3.05, 3.63) is 69.2 Å². The number of halogens is 2. The molecule has 0 bridgehead atoms. The zero-order valence-corrected chi connectivity index (χ0v) is 19.9. The van der Waals surface area contributed by atoms with E-state index in [1.165, 1.54) is 5.56 Å². The number of benzene rings is 2. The van der Waals surface area contributed by atoms with E-state index in [-0.39, 0.29) is 23.3 Å². The number of hydrogen-bond acceptors (Lipinski definition) is 2. The van der Waals surface area contributed by atoms with Crippen molar-refractivity contribution in [2.24, 2.45) is 5.92 Å². The van der Waals surface area contributed by atoms with E-state index in [0.717, 1.165) is 43.6 Å². The molecule has 1 N–H and O–H groups in total. The molecule has 0 spiro atoms. The number of amides is 1. The summed E-state index contributed by atoms with van der Waals surface area (Å²) >= 11 is 12.6. The van der Waals surface area contributed by atoms with Crippen LogP contribution in [-0.2, 0) is 16.8 Å². The van der Waals surface area contributed by atoms with Gasteiger partial charge in [0.2, 0.25) is 5.91 Å². The monoisotopic (exact) mass is 446 g/mol. The number of likely N-dealkylation sites (tertiary alicyclic amines) is 1. The highest BCUT2D eigenvalue weighted by Gasteiger charge is 2.26. The van der Waals surface area contributed by atoms with E-state index >= 15 is 0 Å². The van der Waals surface area contributed by atoms with Crippen LogP contribution in [0.25, 0.3) is 0 Å². The number of nitrogens with zero attached hydrogens (tertiary/aromatic N) is 1. The highest BCUT2D eigenvalue weighted by atomic mass is 35.5. The van der Waals surface area contributed by atoms with E-state index in [9.17, 15) is 4.79 Å². The number of hydrogen-bond donors (Lipinski definition) is 1. The van der Waals surface area contributed by atoms with Crippen molar-refractivity contribution in [1.29, 1.82) is 0 Å². The van der Waals surface area contributed by atoms with Gasteiger partial charge < -0.3 is 5.32 Å². The first-order valence-electron chi connectivity index (χ1n) is 10.7. The SMILES string of the molecule is C[C@@H](NC(=O)C1CCN(Cc2c(Cl)cccc2Cl)CC1)c1ccc(C(C)(C)C)cc1. The molecule has 3 rings (SSSR count). The summed E-state index contributed by atoms with van der Waals surface area (Å²) in [6, 6.07) is 14.2. The molecule has 0 aromatic heterocycles. The average Bonchev–Trinajstić information content (AvgIpc) is 2.70. The normalized spacial score (nSPS) is 17.0. The van der Waals surface area contributed by atoms with Crippen LogP contribution in [0.2, 0.25) is 10.0 Å². The van der Waals surface area contributed by atoms with E-state index in [1.807, 2.05) is 18.2 Å². The second-order valence-corrected chi connectivity index (χ2v) is 10.2. The molecule has 2 aromatic rings. The Labute approximate surface area is 190 Å². The molecule has 1 aliphatic rings. The first-order valence-corrected chi connectivity index (χ1v) is 11.5. The lowest BCUT2D eigenvalue weighted by molar-refractivity contribution is -0.127. The molecular weight excluding hydrogens is 415 g/mol. The Balaban J connectivity index is 1.51. The predicted molar refractivity (Wildman–Crippen MR) is 126 cm³/mol. The second kappa shape index (κ2) is 9.72. The van der Waals surface area contributed by atoms with Gasteiger partial charge >= 0.3 is 0 Å². The molecule has 1 aliphatic heterocycles. The highest BCUT2D eigenvalue weighted by Crippen LogP contribution is 2.28. The smallest absolute Gasteiger partial charge is 0.223 e. The summed E-state index contributed by atoms with van der Waals surface area (Å²) in [7, 11) is 0. The van der Waals surface area contributed by atoms with Gasteiger partial charge in [0.1, 0.15) is 0 Å². The van der Waals surface area contributed by atoms with Crippen LogP contribution in [0, 0.1) is 5.92 Å². The van der Waals surface area contributed by atoms with Gasteiger partial charge in [-0.05, 0) is 61.5 Å². The molecule has 1 atom stereocenters. The minimum atomic E-state index is 0.00600. The molecule has 0 radical (unpaired) electrons. The van der Waals surface area contributed by atoms with Crippen LogP contribution in [0.3, 0.4) is 0 Å². The number of rotatable bonds is 5. The highest BCUT2D eigenvalue weighted by molar-refractivity contribution is 6.35. The molecule has 0 saturated carbocycles. The standard InChI is InChI=1S/C25H32Cl2N2O/c1-17(18-8-10-20(11-9-18)25(2,3)4)28-24(30)19-12-14-29(15-13-19)16-21-22(26)6-5-7-23(21)27/h5-11,17,19H,12-16H2,1-4H3,(H,28,30)/t17-/m1/s1. The van der Waals surface area contributed by atoms with Crippen molar-refractivity contribution in [3.8, 4) is 0 Å². The summed E-state index contributed by atoms with van der Waals surface area (Å²) < 4.78 is 0. The maximum absolute atomic E-state index is 12.8. The molecule has 5 heteroatoms. The van der Waals surface area contributed by atoms with Crippen LogP contribution >= 0.6 is 23.2 Å². The van der Waals surface area contributed by atoms with Crippen molar-refractivity contribution < 1.29 is 4.79 Å². The lowest BCUT2D eigenvalue weighted by Gasteiger charge is -2.32. The Morgan fingerprint density at radius 3 is 2.17 bits per heavy atom. The Bertz CT molecular complexity index is 845. The molecular formula is C25H32Cl2N2O. The Morgan fingerprint density at radius 2 is 1.63 bits per heavy atom. The minimum Gasteiger partial charge on any atom is -0.349 e. The third kappa shape index (κ3) is 5.78. The molecule has 3 nitrogen and oxygen atoms in total. The molecule has 2 aromatic carbocycles. The van der Waals surface area contributed by atoms with E-state index < -0.39 is 0 Å². The summed E-state index contributed by atoms with van der Waals surface area (Å²) in [5, 5.41) is 4.61. The van der Waals surface area contributed by atoms with Gasteiger partial charge in [0.05, 0.1) is 6.04 Å². The van der Waals surface area contributed by atoms with Crippen molar-refractivity contribution in [2.75, 3.05) is 13.1 Å². The molecule has 0 aliphatic carbocycles. The van der Waals surface area contributed by atoms with Crippen molar-refractivity contribution in [3.63, 3.8) is 0 Å². The topological polar surface area (TPSA) is 32.3 Å². The zero-order valence-electron chi connectivity index (χ0n) is 18.3. The van der Waals surface area contributed by atoms with E-state index in [0.29, 0.717) is 10.0 Å². The largest absolute Gasteiger partial charge is 0.349 e. The van der Waals surface area contributed by atoms with Gasteiger partial charge in [-0.25, -0.2) is 0 Å². The molecule has 1 amide bonds. The first-order chi connectivity index (χ1) is 14.1. The number of carbonyl (C=O) groups is 1. The van der Waals surface area contributed by atoms with Gasteiger partial charge in [0.15, 0.2) is 0 Å². The van der Waals surface area contributed by atoms with Crippen molar-refractivity contribution in [2.45, 2.75) is 58.5 Å². The number of carbonyl (C=O) groups excluding carboxylic acids is 1. The zero-order chi connectivity index (χ0) is 21.9. The Kier molecular flexibility index (Phi) is 7.49. The third-order valence-electron chi connectivity index (χ3n) is 6.04. The average molecular weight is 447 g/mol. The number of piperidine rings is 1. The van der Waals surface area contributed by atoms with Crippen molar-refractivity contribution in [1.82, 2.24) is 10.2 Å². The van der Waals surface area contributed by atoms with E-state index in [4.69, 9.17) is 23.2 Å². The van der Waals surface area contributed by atoms with Gasteiger partial charge in [0, 0.05) is 28.1 Å². The molecule has 1 saturated heterocycles. The molecule has 1 heterocycles. The van der Waals surface area contributed by atoms with Crippen LogP contribution in [-0.4, -0.2) is 23.9 Å². The molecule has 1 fully saturated rings. The summed E-state index contributed by atoms with van der Waals surface area (Å²) in [4.78, 5) is 15.1. The fourth-order valence-electron chi connectivity index (χ4n) is 3.95. The quantitative estimate of drug-likeness (QED) is 0.577. The summed E-state index contributed by atoms with van der Waals surface area (Å²) in [5.41, 5.74) is 3.54. The summed E-state index contributed by atoms with van der Waals surface area (Å²) in [6.07, 6.45) is 1.70. The Morgan fingerprint density at radius 1 is 1.07 bits per heavy atom. The maximum atomic E-state index is 12.8. The van der Waals surface area contributed by atoms with Crippen molar-refractivity contribution >= 4 is 29.1 Å². The molecule has 162 valence electrons. The van der Waals surface area contributed by atoms with Gasteiger partial charge in [-0.2, -0.15) is 0 Å². The van der Waals surface area contributed by atoms with E-state index in [2.05, 4.69) is 62.2 Å². The van der Waals surface area contributed by atoms with Gasteiger partial charge in [-0.3, -0.25) is 9.69 Å². The first kappa shape index (κ1) is 23.1. The lowest BCUT2D eigenvalue weighted by Crippen LogP contribution is -2.41. The fraction of sp³-hybridized carbons (Fsp3) is 0.480. The van der Waals surface area contributed by atoms with Crippen LogP contribution in [0.5, 0.6) is 0 Å². The van der Waals surface area contributed by atoms with Gasteiger partial charge in [-0.15, -0.1) is 0 Å². The summed E-state index contributed by atoms with van der Waals surface area (Å²) in [5.74, 6) is 0.206. The van der Waals surface area contributed by atoms with Crippen LogP contribution < -0.4 is 5.32 Å². The third-order valence-corrected chi connectivity index (χ3v) is 6.75. The molecule has 0 unspecified atom stereocenters. The predicted octanol–water partition coefficient (Wildman–Crippen LogP) is 6.38. The Hall–Kier alpha value is -1.55. The fourth-order valence-corrected chi connectivity index (χ4v) is 4.46. The maximum Gasteiger partial charge on any atom is 0.223 e. The summed E-state index contributed by atoms with van der Waals surface area (Å²) in [6.45, 7) is 11.1.